The van der Waals surface area contributed by atoms with Crippen molar-refractivity contribution in [3.63, 3.8) is 0 Å². The van der Waals surface area contributed by atoms with E-state index in [4.69, 9.17) is 0 Å². The van der Waals surface area contributed by atoms with Crippen molar-refractivity contribution in [2.45, 2.75) is 0 Å². The van der Waals surface area contributed by atoms with Crippen molar-refractivity contribution in [3.8, 4) is 0 Å². The number of aromatic nitrogens is 1. The second kappa shape index (κ2) is 7.04. The summed E-state index contributed by atoms with van der Waals surface area (Å²) >= 11 is 0. The summed E-state index contributed by atoms with van der Waals surface area (Å²) in [5, 5.41) is 5.07. The van der Waals surface area contributed by atoms with Crippen LogP contribution in [0.5, 0.6) is 0 Å². The monoisotopic (exact) mass is 343 g/mol. The molecule has 0 spiro atoms. The Hall–Kier alpha value is -3.35. The minimum Gasteiger partial charge on any atom is -0.354 e. The standard InChI is InChI=1S/C18H12F3N3O/c19-12-3-1-4-13(8-12)23-14-7-11(9-22-10-14)18(25)24-17-15(20)5-2-6-16(17)21/h1-10,23H,(H,24,25). The molecule has 0 bridgehead atoms. The van der Waals surface area contributed by atoms with Crippen LogP contribution in [0.25, 0.3) is 0 Å². The van der Waals surface area contributed by atoms with Crippen LogP contribution in [0, 0.1) is 17.5 Å². The highest BCUT2D eigenvalue weighted by Gasteiger charge is 2.14. The molecule has 3 aromatic rings. The van der Waals surface area contributed by atoms with Gasteiger partial charge in [0, 0.05) is 11.9 Å². The van der Waals surface area contributed by atoms with Crippen LogP contribution >= 0.6 is 0 Å². The van der Waals surface area contributed by atoms with Gasteiger partial charge < -0.3 is 10.6 Å². The van der Waals surface area contributed by atoms with Gasteiger partial charge in [0.05, 0.1) is 17.4 Å². The molecular weight excluding hydrogens is 331 g/mol. The van der Waals surface area contributed by atoms with E-state index in [1.54, 1.807) is 6.07 Å². The van der Waals surface area contributed by atoms with Crippen molar-refractivity contribution in [2.24, 2.45) is 0 Å². The first-order valence-corrected chi connectivity index (χ1v) is 7.26. The topological polar surface area (TPSA) is 54.0 Å². The van der Waals surface area contributed by atoms with Crippen LogP contribution in [-0.2, 0) is 0 Å². The van der Waals surface area contributed by atoms with Crippen molar-refractivity contribution in [2.75, 3.05) is 10.6 Å². The maximum Gasteiger partial charge on any atom is 0.257 e. The molecule has 126 valence electrons. The Labute approximate surface area is 141 Å². The first-order chi connectivity index (χ1) is 12.0. The molecule has 0 unspecified atom stereocenters. The lowest BCUT2D eigenvalue weighted by atomic mass is 10.2. The van der Waals surface area contributed by atoms with Crippen molar-refractivity contribution < 1.29 is 18.0 Å². The van der Waals surface area contributed by atoms with E-state index in [0.717, 1.165) is 12.1 Å². The Morgan fingerprint density at radius 3 is 2.32 bits per heavy atom. The molecule has 0 atom stereocenters. The fourth-order valence-electron chi connectivity index (χ4n) is 2.17. The van der Waals surface area contributed by atoms with Gasteiger partial charge in [-0.3, -0.25) is 9.78 Å². The number of nitrogens with zero attached hydrogens (tertiary/aromatic N) is 1. The first-order valence-electron chi connectivity index (χ1n) is 7.26. The number of halogens is 3. The molecule has 2 N–H and O–H groups in total. The summed E-state index contributed by atoms with van der Waals surface area (Å²) in [4.78, 5) is 16.1. The van der Waals surface area contributed by atoms with Gasteiger partial charge in [0.15, 0.2) is 0 Å². The lowest BCUT2D eigenvalue weighted by molar-refractivity contribution is 0.102. The summed E-state index contributed by atoms with van der Waals surface area (Å²) in [6.45, 7) is 0. The van der Waals surface area contributed by atoms with Gasteiger partial charge in [0.1, 0.15) is 23.1 Å². The smallest absolute Gasteiger partial charge is 0.257 e. The summed E-state index contributed by atoms with van der Waals surface area (Å²) in [7, 11) is 0. The number of carbonyl (C=O) groups is 1. The average Bonchev–Trinajstić information content (AvgIpc) is 2.58. The average molecular weight is 343 g/mol. The van der Waals surface area contributed by atoms with Gasteiger partial charge in [-0.2, -0.15) is 0 Å². The molecule has 4 nitrogen and oxygen atoms in total. The predicted octanol–water partition coefficient (Wildman–Crippen LogP) is 4.49. The van der Waals surface area contributed by atoms with Gasteiger partial charge in [-0.15, -0.1) is 0 Å². The second-order valence-electron chi connectivity index (χ2n) is 5.15. The van der Waals surface area contributed by atoms with E-state index in [1.807, 2.05) is 0 Å². The third-order valence-electron chi connectivity index (χ3n) is 3.32. The van der Waals surface area contributed by atoms with Crippen molar-refractivity contribution >= 4 is 23.0 Å². The van der Waals surface area contributed by atoms with E-state index >= 15 is 0 Å². The highest BCUT2D eigenvalue weighted by molar-refractivity contribution is 6.04. The third-order valence-corrected chi connectivity index (χ3v) is 3.32. The predicted molar refractivity (Wildman–Crippen MR) is 88.2 cm³/mol. The molecule has 0 radical (unpaired) electrons. The normalized spacial score (nSPS) is 10.4. The van der Waals surface area contributed by atoms with E-state index in [1.165, 1.54) is 42.7 Å². The lowest BCUT2D eigenvalue weighted by Gasteiger charge is -2.10. The zero-order valence-electron chi connectivity index (χ0n) is 12.8. The summed E-state index contributed by atoms with van der Waals surface area (Å²) in [5.41, 5.74) is 0.451. The van der Waals surface area contributed by atoms with E-state index in [0.29, 0.717) is 11.4 Å². The molecule has 1 amide bonds. The lowest BCUT2D eigenvalue weighted by Crippen LogP contribution is -2.14. The van der Waals surface area contributed by atoms with Crippen LogP contribution in [0.2, 0.25) is 0 Å². The highest BCUT2D eigenvalue weighted by atomic mass is 19.1. The number of carbonyl (C=O) groups excluding carboxylic acids is 1. The molecular formula is C18H12F3N3O. The van der Waals surface area contributed by atoms with Gasteiger partial charge in [-0.25, -0.2) is 13.2 Å². The number of anilines is 3. The minimum atomic E-state index is -0.879. The van der Waals surface area contributed by atoms with Crippen molar-refractivity contribution in [1.29, 1.82) is 0 Å². The summed E-state index contributed by atoms with van der Waals surface area (Å²) in [5.74, 6) is -2.90. The van der Waals surface area contributed by atoms with E-state index in [2.05, 4.69) is 15.6 Å². The number of nitrogens with one attached hydrogen (secondary N) is 2. The SMILES string of the molecule is O=C(Nc1c(F)cccc1F)c1cncc(Nc2cccc(F)c2)c1. The van der Waals surface area contributed by atoms with Crippen LogP contribution < -0.4 is 10.6 Å². The molecule has 3 rings (SSSR count). The molecule has 0 saturated heterocycles. The third kappa shape index (κ3) is 3.95. The second-order valence-corrected chi connectivity index (χ2v) is 5.15. The summed E-state index contributed by atoms with van der Waals surface area (Å²) in [6.07, 6.45) is 2.69. The zero-order valence-corrected chi connectivity index (χ0v) is 12.8. The molecule has 0 fully saturated rings. The van der Waals surface area contributed by atoms with Crippen LogP contribution in [0.1, 0.15) is 10.4 Å². The Bertz CT molecular complexity index is 911. The molecule has 0 saturated carbocycles. The molecule has 1 heterocycles. The number of para-hydroxylation sites is 1. The Morgan fingerprint density at radius 2 is 1.60 bits per heavy atom. The van der Waals surface area contributed by atoms with Gasteiger partial charge >= 0.3 is 0 Å². The fraction of sp³-hybridized carbons (Fsp3) is 0. The quantitative estimate of drug-likeness (QED) is 0.734. The van der Waals surface area contributed by atoms with Crippen molar-refractivity contribution in [1.82, 2.24) is 4.98 Å². The number of hydrogen-bond acceptors (Lipinski definition) is 3. The number of benzene rings is 2. The number of pyridine rings is 1. The van der Waals surface area contributed by atoms with Gasteiger partial charge in [0.25, 0.3) is 5.91 Å². The molecule has 2 aromatic carbocycles. The zero-order chi connectivity index (χ0) is 17.8. The van der Waals surface area contributed by atoms with E-state index in [9.17, 15) is 18.0 Å². The number of hydrogen-bond donors (Lipinski definition) is 2. The highest BCUT2D eigenvalue weighted by Crippen LogP contribution is 2.21. The van der Waals surface area contributed by atoms with Crippen molar-refractivity contribution in [3.05, 3.63) is 83.9 Å². The molecule has 25 heavy (non-hydrogen) atoms. The Kier molecular flexibility index (Phi) is 4.65. The van der Waals surface area contributed by atoms with Gasteiger partial charge in [-0.05, 0) is 36.4 Å². The maximum atomic E-state index is 13.6. The van der Waals surface area contributed by atoms with E-state index < -0.39 is 29.0 Å². The summed E-state index contributed by atoms with van der Waals surface area (Å²) in [6, 6.07) is 10.5. The largest absolute Gasteiger partial charge is 0.354 e. The van der Waals surface area contributed by atoms with Crippen LogP contribution in [-0.4, -0.2) is 10.9 Å². The first kappa shape index (κ1) is 16.5. The molecule has 7 heteroatoms. The number of rotatable bonds is 4. The molecule has 0 aliphatic rings. The van der Waals surface area contributed by atoms with Gasteiger partial charge in [0.2, 0.25) is 0 Å². The number of amides is 1. The summed E-state index contributed by atoms with van der Waals surface area (Å²) < 4.78 is 40.4. The molecule has 0 aliphatic carbocycles. The fourth-order valence-corrected chi connectivity index (χ4v) is 2.17. The Morgan fingerprint density at radius 1 is 0.880 bits per heavy atom. The van der Waals surface area contributed by atoms with Crippen LogP contribution in [0.3, 0.4) is 0 Å². The van der Waals surface area contributed by atoms with Gasteiger partial charge in [-0.1, -0.05) is 12.1 Å². The minimum absolute atomic E-state index is 0.0871. The van der Waals surface area contributed by atoms with Crippen LogP contribution in [0.15, 0.2) is 60.9 Å². The Balaban J connectivity index is 1.80. The van der Waals surface area contributed by atoms with E-state index in [-0.39, 0.29) is 5.56 Å². The molecule has 0 aliphatic heterocycles. The maximum absolute atomic E-state index is 13.6. The van der Waals surface area contributed by atoms with Crippen LogP contribution in [0.4, 0.5) is 30.2 Å². The molecule has 1 aromatic heterocycles.